The first-order valence-corrected chi connectivity index (χ1v) is 6.17. The molecule has 1 atom stereocenters. The maximum absolute atomic E-state index is 12.0. The number of amides is 2. The molecule has 0 aromatic carbocycles. The molecule has 1 fully saturated rings. The number of hydroxylamine groups is 1. The summed E-state index contributed by atoms with van der Waals surface area (Å²) in [6.07, 6.45) is 1.99. The van der Waals surface area contributed by atoms with Crippen LogP contribution in [0.25, 0.3) is 0 Å². The second-order valence-electron chi connectivity index (χ2n) is 5.36. The number of likely N-dealkylation sites (tertiary alicyclic amines) is 1. The summed E-state index contributed by atoms with van der Waals surface area (Å²) in [7, 11) is 1.37. The Kier molecular flexibility index (Phi) is 4.95. The van der Waals surface area contributed by atoms with Gasteiger partial charge in [-0.25, -0.2) is 10.3 Å². The van der Waals surface area contributed by atoms with Gasteiger partial charge in [-0.1, -0.05) is 0 Å². The molecule has 0 aromatic heterocycles. The molecular formula is C12H22N2O4. The number of carbonyl (C=O) groups excluding carboxylic acids is 2. The third-order valence-electron chi connectivity index (χ3n) is 2.64. The summed E-state index contributed by atoms with van der Waals surface area (Å²) < 4.78 is 5.30. The van der Waals surface area contributed by atoms with E-state index in [1.165, 1.54) is 12.0 Å². The van der Waals surface area contributed by atoms with Crippen molar-refractivity contribution >= 4 is 12.0 Å². The van der Waals surface area contributed by atoms with Crippen molar-refractivity contribution in [2.75, 3.05) is 13.7 Å². The standard InChI is InChI=1S/C12H22N2O4/c1-12(2,3)18-11(16)14-8-6-5-7-9(14)10(15)13-17-4/h9H,5-8H2,1-4H3,(H,13,15)/t9-/m1/s1. The minimum absolute atomic E-state index is 0.303. The van der Waals surface area contributed by atoms with Crippen LogP contribution in [0.4, 0.5) is 4.79 Å². The van der Waals surface area contributed by atoms with E-state index in [1.807, 2.05) is 0 Å². The quantitative estimate of drug-likeness (QED) is 0.761. The highest BCUT2D eigenvalue weighted by molar-refractivity contribution is 5.85. The number of nitrogens with zero attached hydrogens (tertiary/aromatic N) is 1. The largest absolute Gasteiger partial charge is 0.444 e. The van der Waals surface area contributed by atoms with Gasteiger partial charge < -0.3 is 4.74 Å². The second kappa shape index (κ2) is 6.04. The molecule has 0 radical (unpaired) electrons. The second-order valence-corrected chi connectivity index (χ2v) is 5.36. The monoisotopic (exact) mass is 258 g/mol. The number of carbonyl (C=O) groups is 2. The predicted molar refractivity (Wildman–Crippen MR) is 65.7 cm³/mol. The first-order chi connectivity index (χ1) is 8.35. The van der Waals surface area contributed by atoms with Crippen LogP contribution < -0.4 is 5.48 Å². The van der Waals surface area contributed by atoms with Crippen molar-refractivity contribution in [2.45, 2.75) is 51.7 Å². The predicted octanol–water partition coefficient (Wildman–Crippen LogP) is 1.45. The third kappa shape index (κ3) is 4.18. The molecule has 0 aliphatic carbocycles. The van der Waals surface area contributed by atoms with Gasteiger partial charge in [0, 0.05) is 6.54 Å². The number of rotatable bonds is 2. The molecule has 1 saturated heterocycles. The van der Waals surface area contributed by atoms with Crippen LogP contribution >= 0.6 is 0 Å². The van der Waals surface area contributed by atoms with Gasteiger partial charge in [-0.3, -0.25) is 14.5 Å². The fraction of sp³-hybridized carbons (Fsp3) is 0.833. The summed E-state index contributed by atoms with van der Waals surface area (Å²) >= 11 is 0. The molecule has 1 aliphatic heterocycles. The number of hydrogen-bond acceptors (Lipinski definition) is 4. The Morgan fingerprint density at radius 3 is 2.50 bits per heavy atom. The summed E-state index contributed by atoms with van der Waals surface area (Å²) in [6.45, 7) is 5.95. The Bertz CT molecular complexity index is 312. The van der Waals surface area contributed by atoms with Crippen molar-refractivity contribution in [1.82, 2.24) is 10.4 Å². The molecule has 0 spiro atoms. The van der Waals surface area contributed by atoms with Crippen LogP contribution in [0, 0.1) is 0 Å². The molecule has 6 heteroatoms. The van der Waals surface area contributed by atoms with Crippen molar-refractivity contribution in [2.24, 2.45) is 0 Å². The van der Waals surface area contributed by atoms with E-state index < -0.39 is 17.7 Å². The van der Waals surface area contributed by atoms with E-state index in [4.69, 9.17) is 4.74 Å². The zero-order valence-electron chi connectivity index (χ0n) is 11.5. The molecule has 1 aliphatic rings. The van der Waals surface area contributed by atoms with Crippen LogP contribution in [0.1, 0.15) is 40.0 Å². The molecule has 104 valence electrons. The summed E-state index contributed by atoms with van der Waals surface area (Å²) in [4.78, 5) is 29.9. The minimum atomic E-state index is -0.559. The van der Waals surface area contributed by atoms with Gasteiger partial charge in [0.25, 0.3) is 5.91 Å². The van der Waals surface area contributed by atoms with E-state index in [2.05, 4.69) is 10.3 Å². The van der Waals surface area contributed by atoms with E-state index in [0.29, 0.717) is 13.0 Å². The third-order valence-corrected chi connectivity index (χ3v) is 2.64. The Morgan fingerprint density at radius 2 is 1.94 bits per heavy atom. The molecule has 0 saturated carbocycles. The normalized spacial score (nSPS) is 20.4. The van der Waals surface area contributed by atoms with Crippen LogP contribution in [-0.4, -0.2) is 42.2 Å². The molecule has 0 aromatic rings. The number of piperidine rings is 1. The lowest BCUT2D eigenvalue weighted by Crippen LogP contribution is -2.52. The van der Waals surface area contributed by atoms with Gasteiger partial charge >= 0.3 is 6.09 Å². The Morgan fingerprint density at radius 1 is 1.28 bits per heavy atom. The molecule has 1 N–H and O–H groups in total. The minimum Gasteiger partial charge on any atom is -0.444 e. The Labute approximate surface area is 108 Å². The molecule has 0 bridgehead atoms. The summed E-state index contributed by atoms with van der Waals surface area (Å²) in [5.41, 5.74) is 1.72. The zero-order chi connectivity index (χ0) is 13.8. The first-order valence-electron chi connectivity index (χ1n) is 6.17. The van der Waals surface area contributed by atoms with Crippen molar-refractivity contribution in [1.29, 1.82) is 0 Å². The van der Waals surface area contributed by atoms with Gasteiger partial charge in [0.1, 0.15) is 11.6 Å². The van der Waals surface area contributed by atoms with Crippen LogP contribution in [0.3, 0.4) is 0 Å². The van der Waals surface area contributed by atoms with Gasteiger partial charge in [0.05, 0.1) is 7.11 Å². The van der Waals surface area contributed by atoms with Gasteiger partial charge in [-0.05, 0) is 40.0 Å². The summed E-state index contributed by atoms with van der Waals surface area (Å²) in [5, 5.41) is 0. The summed E-state index contributed by atoms with van der Waals surface area (Å²) in [6, 6.07) is -0.506. The maximum atomic E-state index is 12.0. The fourth-order valence-electron chi connectivity index (χ4n) is 1.91. The lowest BCUT2D eigenvalue weighted by Gasteiger charge is -2.35. The van der Waals surface area contributed by atoms with Crippen LogP contribution in [0.15, 0.2) is 0 Å². The van der Waals surface area contributed by atoms with Gasteiger partial charge in [0.15, 0.2) is 0 Å². The molecule has 0 unspecified atom stereocenters. The number of hydrogen-bond donors (Lipinski definition) is 1. The average Bonchev–Trinajstić information content (AvgIpc) is 2.27. The highest BCUT2D eigenvalue weighted by atomic mass is 16.6. The molecule has 2 amide bonds. The molecule has 1 rings (SSSR count). The van der Waals surface area contributed by atoms with E-state index in [1.54, 1.807) is 20.8 Å². The highest BCUT2D eigenvalue weighted by Crippen LogP contribution is 2.20. The number of ether oxygens (including phenoxy) is 1. The maximum Gasteiger partial charge on any atom is 0.410 e. The van der Waals surface area contributed by atoms with Crippen molar-refractivity contribution in [3.63, 3.8) is 0 Å². The first kappa shape index (κ1) is 14.8. The lowest BCUT2D eigenvalue weighted by molar-refractivity contribution is -0.138. The van der Waals surface area contributed by atoms with Gasteiger partial charge in [-0.2, -0.15) is 0 Å². The van der Waals surface area contributed by atoms with E-state index >= 15 is 0 Å². The van der Waals surface area contributed by atoms with Gasteiger partial charge in [-0.15, -0.1) is 0 Å². The van der Waals surface area contributed by atoms with Gasteiger partial charge in [0.2, 0.25) is 0 Å². The molecular weight excluding hydrogens is 236 g/mol. The van der Waals surface area contributed by atoms with Crippen LogP contribution in [-0.2, 0) is 14.4 Å². The van der Waals surface area contributed by atoms with Crippen molar-refractivity contribution < 1.29 is 19.2 Å². The van der Waals surface area contributed by atoms with Crippen molar-refractivity contribution in [3.8, 4) is 0 Å². The molecule has 18 heavy (non-hydrogen) atoms. The SMILES string of the molecule is CONC(=O)[C@H]1CCCCN1C(=O)OC(C)(C)C. The van der Waals surface area contributed by atoms with E-state index in [-0.39, 0.29) is 5.91 Å². The highest BCUT2D eigenvalue weighted by Gasteiger charge is 2.34. The molecule has 6 nitrogen and oxygen atoms in total. The smallest absolute Gasteiger partial charge is 0.410 e. The van der Waals surface area contributed by atoms with Crippen LogP contribution in [0.5, 0.6) is 0 Å². The van der Waals surface area contributed by atoms with Crippen LogP contribution in [0.2, 0.25) is 0 Å². The van der Waals surface area contributed by atoms with E-state index in [9.17, 15) is 9.59 Å². The summed E-state index contributed by atoms with van der Waals surface area (Å²) in [5.74, 6) is -0.303. The van der Waals surface area contributed by atoms with E-state index in [0.717, 1.165) is 12.8 Å². The zero-order valence-corrected chi connectivity index (χ0v) is 11.5. The topological polar surface area (TPSA) is 67.9 Å². The average molecular weight is 258 g/mol. The number of nitrogens with one attached hydrogen (secondary N) is 1. The Balaban J connectivity index is 2.70. The lowest BCUT2D eigenvalue weighted by atomic mass is 10.0. The fourth-order valence-corrected chi connectivity index (χ4v) is 1.91. The molecule has 1 heterocycles. The Hall–Kier alpha value is -1.30. The van der Waals surface area contributed by atoms with Crippen molar-refractivity contribution in [3.05, 3.63) is 0 Å².